The quantitative estimate of drug-likeness (QED) is 0.327. The summed E-state index contributed by atoms with van der Waals surface area (Å²) in [6, 6.07) is 25.9. The fourth-order valence-corrected chi connectivity index (χ4v) is 7.47. The van der Waals surface area contributed by atoms with Gasteiger partial charge in [-0.1, -0.05) is 66.7 Å². The van der Waals surface area contributed by atoms with Crippen LogP contribution in [0.25, 0.3) is 0 Å². The summed E-state index contributed by atoms with van der Waals surface area (Å²) in [6.45, 7) is 5.46. The molecule has 8 nitrogen and oxygen atoms in total. The van der Waals surface area contributed by atoms with Gasteiger partial charge >= 0.3 is 11.9 Å². The third-order valence-corrected chi connectivity index (χ3v) is 10.0. The highest BCUT2D eigenvalue weighted by molar-refractivity contribution is 5.83. The molecule has 0 aliphatic carbocycles. The van der Waals surface area contributed by atoms with Crippen molar-refractivity contribution in [2.45, 2.75) is 56.7 Å². The van der Waals surface area contributed by atoms with Gasteiger partial charge in [0.1, 0.15) is 5.41 Å². The largest absolute Gasteiger partial charge is 0.481 e. The molecule has 5 atom stereocenters. The molecule has 2 aliphatic rings. The summed E-state index contributed by atoms with van der Waals surface area (Å²) in [6.07, 6.45) is 2.70. The molecule has 2 aliphatic heterocycles. The van der Waals surface area contributed by atoms with Crippen molar-refractivity contribution in [2.75, 3.05) is 19.6 Å². The van der Waals surface area contributed by atoms with Gasteiger partial charge in [0.05, 0.1) is 11.6 Å². The first-order valence-electron chi connectivity index (χ1n) is 14.4. The van der Waals surface area contributed by atoms with E-state index in [0.29, 0.717) is 12.2 Å². The van der Waals surface area contributed by atoms with Crippen LogP contribution < -0.4 is 11.1 Å². The van der Waals surface area contributed by atoms with Gasteiger partial charge in [-0.2, -0.15) is 0 Å². The van der Waals surface area contributed by atoms with Crippen molar-refractivity contribution in [3.05, 3.63) is 102 Å². The Hall–Kier alpha value is -3.59. The van der Waals surface area contributed by atoms with Crippen LogP contribution in [-0.4, -0.2) is 63.9 Å². The van der Waals surface area contributed by atoms with Crippen molar-refractivity contribution >= 4 is 11.9 Å². The number of nitrogens with one attached hydrogen (secondary N) is 1. The van der Waals surface area contributed by atoms with Gasteiger partial charge in [0.25, 0.3) is 0 Å². The summed E-state index contributed by atoms with van der Waals surface area (Å²) in [7, 11) is 0. The monoisotopic (exact) mass is 556 g/mol. The van der Waals surface area contributed by atoms with Crippen molar-refractivity contribution in [1.82, 2.24) is 15.2 Å². The molecule has 5 rings (SSSR count). The number of aliphatic carboxylic acids is 2. The zero-order chi connectivity index (χ0) is 29.3. The third kappa shape index (κ3) is 4.84. The summed E-state index contributed by atoms with van der Waals surface area (Å²) < 4.78 is 0. The van der Waals surface area contributed by atoms with Gasteiger partial charge in [-0.3, -0.25) is 19.9 Å². The Morgan fingerprint density at radius 2 is 1.49 bits per heavy atom. The minimum atomic E-state index is -1.59. The molecule has 5 N–H and O–H groups in total. The highest BCUT2D eigenvalue weighted by atomic mass is 16.4. The second kappa shape index (κ2) is 11.4. The molecule has 3 aromatic rings. The lowest BCUT2D eigenvalue weighted by molar-refractivity contribution is -0.172. The van der Waals surface area contributed by atoms with E-state index in [1.807, 2.05) is 12.1 Å². The lowest BCUT2D eigenvalue weighted by atomic mass is 9.53. The Labute approximate surface area is 241 Å². The molecule has 41 heavy (non-hydrogen) atoms. The fourth-order valence-electron chi connectivity index (χ4n) is 7.47. The number of likely N-dealkylation sites (tertiary alicyclic amines) is 1. The summed E-state index contributed by atoms with van der Waals surface area (Å²) in [5.41, 5.74) is 6.29. The first kappa shape index (κ1) is 28.9. The highest BCUT2D eigenvalue weighted by Crippen LogP contribution is 2.56. The van der Waals surface area contributed by atoms with Crippen molar-refractivity contribution in [3.63, 3.8) is 0 Å². The lowest BCUT2D eigenvalue weighted by Crippen LogP contribution is -2.72. The number of carboxylic acids is 2. The van der Waals surface area contributed by atoms with Gasteiger partial charge in [-0.05, 0) is 76.0 Å². The summed E-state index contributed by atoms with van der Waals surface area (Å²) >= 11 is 0. The van der Waals surface area contributed by atoms with Gasteiger partial charge in [-0.25, -0.2) is 0 Å². The number of hydrogen-bond acceptors (Lipinski definition) is 6. The Morgan fingerprint density at radius 1 is 0.927 bits per heavy atom. The number of carbonyl (C=O) groups is 2. The van der Waals surface area contributed by atoms with Crippen molar-refractivity contribution in [3.8, 4) is 0 Å². The molecule has 0 bridgehead atoms. The molecule has 0 spiro atoms. The summed E-state index contributed by atoms with van der Waals surface area (Å²) in [4.78, 5) is 32.9. The molecular formula is C33H40N4O4. The minimum Gasteiger partial charge on any atom is -0.481 e. The predicted octanol–water partition coefficient (Wildman–Crippen LogP) is 4.08. The van der Waals surface area contributed by atoms with Gasteiger partial charge in [0.15, 0.2) is 0 Å². The number of nitrogens with two attached hydrogens (primary N) is 1. The van der Waals surface area contributed by atoms with E-state index in [1.54, 1.807) is 38.2 Å². The van der Waals surface area contributed by atoms with Crippen LogP contribution in [0.5, 0.6) is 0 Å². The number of benzene rings is 2. The average Bonchev–Trinajstić information content (AvgIpc) is 2.99. The lowest BCUT2D eigenvalue weighted by Gasteiger charge is -2.55. The van der Waals surface area contributed by atoms with Gasteiger partial charge in [-0.15, -0.1) is 0 Å². The molecule has 0 radical (unpaired) electrons. The Balaban J connectivity index is 1.45. The van der Waals surface area contributed by atoms with E-state index >= 15 is 0 Å². The van der Waals surface area contributed by atoms with Gasteiger partial charge < -0.3 is 20.8 Å². The van der Waals surface area contributed by atoms with E-state index in [4.69, 9.17) is 5.73 Å². The standard InChI is InChI=1S/C33H40N4O4/c1-23-33(30(40)41,27(26-15-9-10-19-35-26)31(2,29(38)39)28(34)36-23)18-22-37-20-16-32(17-21-37,24-11-5-3-6-12-24)25-13-7-4-8-14-25/h3-15,19,23,27-28,36H,16-18,20-22,34H2,1-2H3,(H,38,39)(H,40,41)/t23?,27?,28-,31?,33?/m1/s1. The summed E-state index contributed by atoms with van der Waals surface area (Å²) in [5, 5.41) is 24.5. The minimum absolute atomic E-state index is 0.117. The Morgan fingerprint density at radius 3 is 1.98 bits per heavy atom. The maximum absolute atomic E-state index is 13.3. The zero-order valence-corrected chi connectivity index (χ0v) is 23.7. The summed E-state index contributed by atoms with van der Waals surface area (Å²) in [5.74, 6) is -3.11. The van der Waals surface area contributed by atoms with Crippen molar-refractivity contribution in [2.24, 2.45) is 16.6 Å². The molecule has 4 unspecified atom stereocenters. The second-order valence-electron chi connectivity index (χ2n) is 11.9. The molecule has 0 saturated carbocycles. The van der Waals surface area contributed by atoms with E-state index in [1.165, 1.54) is 11.1 Å². The first-order valence-corrected chi connectivity index (χ1v) is 14.4. The molecule has 2 fully saturated rings. The number of carboxylic acid groups (broad SMARTS) is 2. The van der Waals surface area contributed by atoms with Crippen LogP contribution >= 0.6 is 0 Å². The van der Waals surface area contributed by atoms with Gasteiger partial charge in [0.2, 0.25) is 0 Å². The predicted molar refractivity (Wildman–Crippen MR) is 157 cm³/mol. The highest BCUT2D eigenvalue weighted by Gasteiger charge is 2.66. The van der Waals surface area contributed by atoms with E-state index in [-0.39, 0.29) is 11.8 Å². The number of pyridine rings is 1. The third-order valence-electron chi connectivity index (χ3n) is 10.0. The molecule has 1 aromatic heterocycles. The van der Waals surface area contributed by atoms with E-state index in [0.717, 1.165) is 25.9 Å². The van der Waals surface area contributed by atoms with E-state index in [9.17, 15) is 19.8 Å². The average molecular weight is 557 g/mol. The topological polar surface area (TPSA) is 129 Å². The number of hydrogen-bond donors (Lipinski definition) is 4. The molecule has 2 aromatic carbocycles. The van der Waals surface area contributed by atoms with Crippen LogP contribution in [0.1, 0.15) is 55.8 Å². The maximum Gasteiger partial charge on any atom is 0.313 e. The number of rotatable bonds is 8. The molecule has 8 heteroatoms. The molecule has 0 amide bonds. The molecule has 216 valence electrons. The van der Waals surface area contributed by atoms with E-state index < -0.39 is 40.9 Å². The van der Waals surface area contributed by atoms with Crippen LogP contribution in [0.15, 0.2) is 85.1 Å². The zero-order valence-electron chi connectivity index (χ0n) is 23.7. The fraction of sp³-hybridized carbons (Fsp3) is 0.424. The van der Waals surface area contributed by atoms with Crippen molar-refractivity contribution < 1.29 is 19.8 Å². The Bertz CT molecular complexity index is 1310. The van der Waals surface area contributed by atoms with Gasteiger partial charge in [0, 0.05) is 29.3 Å². The van der Waals surface area contributed by atoms with Crippen LogP contribution in [0.4, 0.5) is 0 Å². The maximum atomic E-state index is 13.3. The van der Waals surface area contributed by atoms with Crippen molar-refractivity contribution in [1.29, 1.82) is 0 Å². The van der Waals surface area contributed by atoms with Crippen LogP contribution in [0, 0.1) is 10.8 Å². The molecular weight excluding hydrogens is 516 g/mol. The number of aromatic nitrogens is 1. The van der Waals surface area contributed by atoms with Crippen LogP contribution in [-0.2, 0) is 15.0 Å². The van der Waals surface area contributed by atoms with E-state index in [2.05, 4.69) is 63.7 Å². The number of nitrogens with zero attached hydrogens (tertiary/aromatic N) is 2. The Kier molecular flexibility index (Phi) is 8.01. The second-order valence-corrected chi connectivity index (χ2v) is 11.9. The van der Waals surface area contributed by atoms with Crippen LogP contribution in [0.2, 0.25) is 0 Å². The molecule has 3 heterocycles. The smallest absolute Gasteiger partial charge is 0.313 e. The number of piperidine rings is 2. The molecule has 2 saturated heterocycles. The first-order chi connectivity index (χ1) is 19.7. The SMILES string of the molecule is CC1N[C@@H](N)C(C)(C(=O)O)C(c2ccccn2)C1(CCN1CCC(c2ccccc2)(c2ccccc2)CC1)C(=O)O. The normalized spacial score (nSPS) is 30.0. The van der Waals surface area contributed by atoms with Crippen LogP contribution in [0.3, 0.4) is 0 Å².